The van der Waals surface area contributed by atoms with Gasteiger partial charge >= 0.3 is 48.0 Å². The Balaban J connectivity index is -0.0000000267. The van der Waals surface area contributed by atoms with Crippen molar-refractivity contribution in [3.63, 3.8) is 0 Å². The molecule has 0 bridgehead atoms. The second-order valence-electron chi connectivity index (χ2n) is 0.515. The van der Waals surface area contributed by atoms with Gasteiger partial charge in [-0.15, -0.1) is 0 Å². The maximum atomic E-state index is 8.97. The Hall–Kier alpha value is 1.13. The third-order valence-electron chi connectivity index (χ3n) is 0. The summed E-state index contributed by atoms with van der Waals surface area (Å²) in [7, 11) is -4.17. The molecule has 0 amide bonds. The Morgan fingerprint density at radius 3 is 1.67 bits per heavy atom. The number of hydrogen-bond donors (Lipinski definition) is 2. The maximum absolute atomic E-state index is 8.97. The van der Waals surface area contributed by atoms with Crippen LogP contribution in [-0.2, 0) is 10.3 Å². The van der Waals surface area contributed by atoms with Gasteiger partial charge in [0.1, 0.15) is 0 Å². The molecule has 0 aliphatic rings. The van der Waals surface area contributed by atoms with Gasteiger partial charge in [0.05, 0.1) is 0 Å². The van der Waals surface area contributed by atoms with Gasteiger partial charge in [-0.1, -0.05) is 0 Å². The Morgan fingerprint density at radius 2 is 1.67 bits per heavy atom. The summed E-state index contributed by atoms with van der Waals surface area (Å²) < 4.78 is 25.2. The van der Waals surface area contributed by atoms with Crippen LogP contribution in [0.25, 0.3) is 0 Å². The molecule has 0 saturated heterocycles. The van der Waals surface area contributed by atoms with E-state index in [1.165, 1.54) is 0 Å². The second-order valence-corrected chi connectivity index (χ2v) is 1.54. The Morgan fingerprint density at radius 1 is 1.67 bits per heavy atom. The topological polar surface area (TPSA) is 80.4 Å². The second kappa shape index (κ2) is 3.17. The first-order valence-electron chi connectivity index (χ1n) is 0.752. The van der Waals surface area contributed by atoms with Crippen molar-refractivity contribution < 1.29 is 15.8 Å². The number of hydrogen-bond acceptors (Lipinski definition) is 2. The fourth-order valence-corrected chi connectivity index (χ4v) is 0. The Bertz CT molecular complexity index is 100. The van der Waals surface area contributed by atoms with E-state index in [4.69, 9.17) is 13.0 Å². The van der Waals surface area contributed by atoms with Crippen molar-refractivity contribution in [2.75, 3.05) is 0 Å². The minimum atomic E-state index is -4.17. The first-order chi connectivity index (χ1) is 2.00. The van der Waals surface area contributed by atoms with Crippen molar-refractivity contribution in [3.8, 4) is 0 Å². The quantitative estimate of drug-likeness (QED) is 0.319. The third-order valence-corrected chi connectivity index (χ3v) is 0. The molecule has 0 aromatic rings. The van der Waals surface area contributed by atoms with Crippen LogP contribution in [0.5, 0.6) is 0 Å². The summed E-state index contributed by atoms with van der Waals surface area (Å²) in [6.45, 7) is 0. The van der Waals surface area contributed by atoms with Crippen LogP contribution < -0.4 is 5.14 Å². The molecular weight excluding hydrogens is 134 g/mol. The average molecular weight is 139 g/mol. The van der Waals surface area contributed by atoms with Crippen LogP contribution in [0, 0.1) is 0 Å². The molecule has 0 radical (unpaired) electrons. The molecule has 0 spiro atoms. The van der Waals surface area contributed by atoms with Crippen LogP contribution in [0.2, 0.25) is 0 Å². The first-order valence-corrected chi connectivity index (χ1v) is 2.25. The van der Waals surface area contributed by atoms with Crippen molar-refractivity contribution in [1.82, 2.24) is 0 Å². The molecule has 0 aromatic heterocycles. The molecule has 0 rings (SSSR count). The zero-order valence-electron chi connectivity index (χ0n) is 4.96. The van der Waals surface area contributed by atoms with Crippen molar-refractivity contribution in [2.45, 2.75) is 0 Å². The van der Waals surface area contributed by atoms with E-state index in [0.717, 1.165) is 0 Å². The predicted molar refractivity (Wildman–Crippen MR) is 23.7 cm³/mol. The summed E-state index contributed by atoms with van der Waals surface area (Å²) in [4.78, 5) is 0. The summed E-state index contributed by atoms with van der Waals surface area (Å²) in [5.74, 6) is 0. The summed E-state index contributed by atoms with van der Waals surface area (Å²) in [6.07, 6.45) is 0. The van der Waals surface area contributed by atoms with Crippen LogP contribution >= 0.6 is 0 Å². The molecule has 0 aromatic carbocycles. The van der Waals surface area contributed by atoms with E-state index in [2.05, 4.69) is 5.14 Å². The zero-order chi connectivity index (χ0) is 4.50. The van der Waals surface area contributed by atoms with Gasteiger partial charge in [0.15, 0.2) is 0 Å². The maximum Gasteiger partial charge on any atom is 2.00 e. The minimum Gasteiger partial charge on any atom is -1.00 e. The molecule has 0 aliphatic heterocycles. The molecule has 6 heteroatoms. The van der Waals surface area contributed by atoms with Gasteiger partial charge in [-0.3, -0.25) is 4.55 Å². The summed E-state index contributed by atoms with van der Waals surface area (Å²) in [5.41, 5.74) is 0. The molecule has 0 aliphatic carbocycles. The molecule has 0 saturated carbocycles. The van der Waals surface area contributed by atoms with Gasteiger partial charge in [-0.05, 0) is 0 Å². The van der Waals surface area contributed by atoms with Crippen molar-refractivity contribution in [1.29, 1.82) is 0 Å². The molecular formula is H5CaNO3S. The van der Waals surface area contributed by atoms with Crippen molar-refractivity contribution in [3.05, 3.63) is 0 Å². The van der Waals surface area contributed by atoms with Crippen LogP contribution in [0.4, 0.5) is 0 Å². The smallest absolute Gasteiger partial charge is 1.00 e. The Kier molecular flexibility index (Phi) is 5.38. The van der Waals surface area contributed by atoms with E-state index in [0.29, 0.717) is 0 Å². The van der Waals surface area contributed by atoms with Gasteiger partial charge in [0, 0.05) is 0 Å². The van der Waals surface area contributed by atoms with Crippen LogP contribution in [0.1, 0.15) is 2.85 Å². The van der Waals surface area contributed by atoms with Gasteiger partial charge < -0.3 is 2.85 Å². The molecule has 0 heterocycles. The standard InChI is InChI=1S/Ca.H3NO3S.2H/c;1-5(2,3)4;;/h;(H3,1,2,3,4);;/q+2;;2*-1. The number of nitrogens with two attached hydrogens (primary N) is 1. The largest absolute Gasteiger partial charge is 2.00 e. The van der Waals surface area contributed by atoms with Crippen LogP contribution in [0.3, 0.4) is 0 Å². The van der Waals surface area contributed by atoms with E-state index in [1.54, 1.807) is 0 Å². The van der Waals surface area contributed by atoms with Crippen molar-refractivity contribution >= 4 is 48.0 Å². The SMILES string of the molecule is NS(=O)(=O)O.[Ca+2].[H-].[H-]. The summed E-state index contributed by atoms with van der Waals surface area (Å²) in [6, 6.07) is 0. The van der Waals surface area contributed by atoms with E-state index in [1.807, 2.05) is 0 Å². The monoisotopic (exact) mass is 139 g/mol. The van der Waals surface area contributed by atoms with Gasteiger partial charge in [0.25, 0.3) is 0 Å². The average Bonchev–Trinajstić information content (AvgIpc) is 0.722. The van der Waals surface area contributed by atoms with Gasteiger partial charge in [-0.25, -0.2) is 5.14 Å². The zero-order valence-corrected chi connectivity index (χ0v) is 5.98. The molecule has 0 atom stereocenters. The Labute approximate surface area is 68.6 Å². The predicted octanol–water partition coefficient (Wildman–Crippen LogP) is -1.41. The molecule has 0 unspecified atom stereocenters. The van der Waals surface area contributed by atoms with E-state index >= 15 is 0 Å². The van der Waals surface area contributed by atoms with E-state index < -0.39 is 10.3 Å². The van der Waals surface area contributed by atoms with Gasteiger partial charge in [-0.2, -0.15) is 8.42 Å². The molecule has 4 nitrogen and oxygen atoms in total. The van der Waals surface area contributed by atoms with Crippen molar-refractivity contribution in [2.24, 2.45) is 5.14 Å². The molecule has 3 N–H and O–H groups in total. The normalized spacial score (nSPS) is 9.67. The number of rotatable bonds is 0. The van der Waals surface area contributed by atoms with Crippen LogP contribution in [-0.4, -0.2) is 50.7 Å². The first kappa shape index (κ1) is 10.2. The summed E-state index contributed by atoms with van der Waals surface area (Å²) >= 11 is 0. The third kappa shape index (κ3) is 68.5. The molecule has 36 valence electrons. The van der Waals surface area contributed by atoms with Gasteiger partial charge in [0.2, 0.25) is 0 Å². The summed E-state index contributed by atoms with van der Waals surface area (Å²) in [5, 5.41) is 3.88. The fraction of sp³-hybridized carbons (Fsp3) is 0. The van der Waals surface area contributed by atoms with Crippen LogP contribution in [0.15, 0.2) is 0 Å². The van der Waals surface area contributed by atoms with E-state index in [-0.39, 0.29) is 40.6 Å². The fourth-order valence-electron chi connectivity index (χ4n) is 0. The minimum absolute atomic E-state index is 0. The molecule has 0 fully saturated rings. The molecule has 6 heavy (non-hydrogen) atoms. The van der Waals surface area contributed by atoms with E-state index in [9.17, 15) is 0 Å².